The zero-order valence-electron chi connectivity index (χ0n) is 38.0. The summed E-state index contributed by atoms with van der Waals surface area (Å²) < 4.78 is 2.61. The van der Waals surface area contributed by atoms with Gasteiger partial charge < -0.3 is 4.57 Å². The van der Waals surface area contributed by atoms with Crippen molar-refractivity contribution in [2.45, 2.75) is 19.3 Å². The van der Waals surface area contributed by atoms with Crippen LogP contribution < -0.4 is 0 Å². The van der Waals surface area contributed by atoms with Crippen molar-refractivity contribution in [1.82, 2.24) is 4.57 Å². The molecule has 318 valence electrons. The number of rotatable bonds is 5. The maximum atomic E-state index is 2.61. The number of benzene rings is 12. The fourth-order valence-corrected chi connectivity index (χ4v) is 11.9. The average molecular weight is 864 g/mol. The Labute approximate surface area is 395 Å². The summed E-state index contributed by atoms with van der Waals surface area (Å²) in [5.74, 6) is 0. The number of hydrogen-bond acceptors (Lipinski definition) is 0. The van der Waals surface area contributed by atoms with Crippen LogP contribution in [0.2, 0.25) is 0 Å². The Morgan fingerprint density at radius 1 is 0.309 bits per heavy atom. The van der Waals surface area contributed by atoms with Gasteiger partial charge in [0.15, 0.2) is 0 Å². The van der Waals surface area contributed by atoms with Crippen molar-refractivity contribution < 1.29 is 0 Å². The fourth-order valence-electron chi connectivity index (χ4n) is 11.9. The molecule has 68 heavy (non-hydrogen) atoms. The zero-order valence-corrected chi connectivity index (χ0v) is 38.0. The Bertz CT molecular complexity index is 4210. The summed E-state index contributed by atoms with van der Waals surface area (Å²) in [5.41, 5.74) is 17.3. The first-order valence-electron chi connectivity index (χ1n) is 23.8. The molecule has 1 aliphatic rings. The van der Waals surface area contributed by atoms with E-state index in [1.807, 2.05) is 0 Å². The van der Waals surface area contributed by atoms with Gasteiger partial charge in [0.05, 0.1) is 11.2 Å². The van der Waals surface area contributed by atoms with Gasteiger partial charge in [0.1, 0.15) is 0 Å². The van der Waals surface area contributed by atoms with E-state index in [4.69, 9.17) is 0 Å². The number of fused-ring (bicyclic) bond motifs is 13. The molecular weight excluding hydrogens is 819 g/mol. The molecule has 0 bridgehead atoms. The highest BCUT2D eigenvalue weighted by Gasteiger charge is 2.37. The molecule has 14 rings (SSSR count). The van der Waals surface area contributed by atoms with E-state index in [0.29, 0.717) is 0 Å². The molecule has 0 N–H and O–H groups in total. The van der Waals surface area contributed by atoms with Crippen molar-refractivity contribution in [1.29, 1.82) is 0 Å². The van der Waals surface area contributed by atoms with E-state index in [2.05, 4.69) is 255 Å². The third kappa shape index (κ3) is 5.69. The fraction of sp³-hybridized carbons (Fsp3) is 0.0448. The second kappa shape index (κ2) is 14.7. The molecule has 1 heteroatoms. The maximum absolute atomic E-state index is 2.61. The van der Waals surface area contributed by atoms with Crippen LogP contribution in [0, 0.1) is 0 Å². The predicted molar refractivity (Wildman–Crippen MR) is 290 cm³/mol. The van der Waals surface area contributed by atoms with Crippen LogP contribution in [0.15, 0.2) is 237 Å². The topological polar surface area (TPSA) is 4.93 Å². The molecule has 1 heterocycles. The largest absolute Gasteiger partial charge is 0.308 e. The second-order valence-electron chi connectivity index (χ2n) is 19.2. The van der Waals surface area contributed by atoms with Gasteiger partial charge in [-0.05, 0) is 135 Å². The van der Waals surface area contributed by atoms with Gasteiger partial charge in [0.25, 0.3) is 0 Å². The molecule has 0 unspecified atom stereocenters. The average Bonchev–Trinajstić information content (AvgIpc) is 3.87. The molecule has 12 aromatic carbocycles. The van der Waals surface area contributed by atoms with Gasteiger partial charge in [-0.3, -0.25) is 0 Å². The van der Waals surface area contributed by atoms with Crippen LogP contribution in [0.1, 0.15) is 25.0 Å². The van der Waals surface area contributed by atoms with Crippen molar-refractivity contribution in [2.75, 3.05) is 0 Å². The molecule has 0 spiro atoms. The molecule has 0 radical (unpaired) electrons. The first kappa shape index (κ1) is 38.7. The first-order valence-corrected chi connectivity index (χ1v) is 23.8. The smallest absolute Gasteiger partial charge is 0.0626 e. The van der Waals surface area contributed by atoms with E-state index in [9.17, 15) is 0 Å². The van der Waals surface area contributed by atoms with Gasteiger partial charge in [-0.25, -0.2) is 0 Å². The van der Waals surface area contributed by atoms with Crippen molar-refractivity contribution in [3.05, 3.63) is 248 Å². The van der Waals surface area contributed by atoms with Crippen LogP contribution in [-0.4, -0.2) is 4.57 Å². The summed E-state index contributed by atoms with van der Waals surface area (Å²) in [5, 5.41) is 13.8. The Hall–Kier alpha value is -8.52. The summed E-state index contributed by atoms with van der Waals surface area (Å²) in [6.45, 7) is 4.82. The van der Waals surface area contributed by atoms with Crippen LogP contribution in [0.4, 0.5) is 0 Å². The molecule has 0 aliphatic heterocycles. The van der Waals surface area contributed by atoms with Gasteiger partial charge >= 0.3 is 0 Å². The van der Waals surface area contributed by atoms with Crippen molar-refractivity contribution in [3.63, 3.8) is 0 Å². The van der Waals surface area contributed by atoms with Crippen LogP contribution >= 0.6 is 0 Å². The molecule has 1 nitrogen and oxygen atoms in total. The highest BCUT2D eigenvalue weighted by atomic mass is 15.0. The molecular formula is C67H45N. The third-order valence-electron chi connectivity index (χ3n) is 15.1. The van der Waals surface area contributed by atoms with Crippen molar-refractivity contribution in [2.24, 2.45) is 0 Å². The number of nitrogens with zero attached hydrogens (tertiary/aromatic N) is 1. The summed E-state index contributed by atoms with van der Waals surface area (Å²) >= 11 is 0. The summed E-state index contributed by atoms with van der Waals surface area (Å²) in [6, 6.07) is 88.4. The monoisotopic (exact) mass is 863 g/mol. The number of hydrogen-bond donors (Lipinski definition) is 0. The predicted octanol–water partition coefficient (Wildman–Crippen LogP) is 18.4. The second-order valence-corrected chi connectivity index (χ2v) is 19.2. The van der Waals surface area contributed by atoms with E-state index in [0.717, 1.165) is 5.69 Å². The molecule has 13 aromatic rings. The Balaban J connectivity index is 1.08. The summed E-state index contributed by atoms with van der Waals surface area (Å²) in [4.78, 5) is 0. The SMILES string of the molecule is CC1(C)c2cc(-c3ccc4ccccc4c3)ccc2-c2ccc(-n3c(-c4ccccc4)c(-c4ccccc4)c4c5c6ccccc6c(-c6ccc7ccccc7c6)cc5c5ccccc5c43)cc21. The van der Waals surface area contributed by atoms with Crippen LogP contribution in [-0.2, 0) is 5.41 Å². The van der Waals surface area contributed by atoms with E-state index < -0.39 is 0 Å². The standard InChI is InChI=1S/C67H45N/c1-67(2)60-39-49(48-31-29-42-17-9-11-23-46(42)37-48)33-35-54(60)55-36-34-51(40-61(55)67)68-65(45-21-7-4-8-22-45)62(44-19-5-3-6-20-44)64-63-56-27-15-13-25-52(56)58(50-32-30-43-18-10-12-24-47(43)38-50)41-59(63)53-26-14-16-28-57(53)66(64)68/h3-41H,1-2H3. The van der Waals surface area contributed by atoms with Gasteiger partial charge in [0, 0.05) is 32.8 Å². The molecule has 0 atom stereocenters. The van der Waals surface area contributed by atoms with Crippen LogP contribution in [0.3, 0.4) is 0 Å². The lowest BCUT2D eigenvalue weighted by atomic mass is 9.81. The van der Waals surface area contributed by atoms with Gasteiger partial charge in [-0.2, -0.15) is 0 Å². The minimum atomic E-state index is -0.240. The van der Waals surface area contributed by atoms with Crippen LogP contribution in [0.5, 0.6) is 0 Å². The molecule has 1 aromatic heterocycles. The van der Waals surface area contributed by atoms with E-state index in [-0.39, 0.29) is 5.41 Å². The van der Waals surface area contributed by atoms with E-state index in [1.54, 1.807) is 0 Å². The molecule has 0 amide bonds. The molecule has 0 saturated carbocycles. The summed E-state index contributed by atoms with van der Waals surface area (Å²) in [7, 11) is 0. The highest BCUT2D eigenvalue weighted by Crippen LogP contribution is 2.54. The zero-order chi connectivity index (χ0) is 45.1. The highest BCUT2D eigenvalue weighted by molar-refractivity contribution is 6.36. The van der Waals surface area contributed by atoms with E-state index >= 15 is 0 Å². The Morgan fingerprint density at radius 3 is 1.53 bits per heavy atom. The quantitative estimate of drug-likeness (QED) is 0.152. The minimum absolute atomic E-state index is 0.240. The van der Waals surface area contributed by atoms with Gasteiger partial charge in [-0.15, -0.1) is 0 Å². The lowest BCUT2D eigenvalue weighted by molar-refractivity contribution is 0.660. The molecule has 1 aliphatic carbocycles. The molecule has 0 saturated heterocycles. The maximum Gasteiger partial charge on any atom is 0.0626 e. The minimum Gasteiger partial charge on any atom is -0.308 e. The molecule has 0 fully saturated rings. The summed E-state index contributed by atoms with van der Waals surface area (Å²) in [6.07, 6.45) is 0. The Morgan fingerprint density at radius 2 is 0.824 bits per heavy atom. The van der Waals surface area contributed by atoms with Crippen LogP contribution in [0.25, 0.3) is 126 Å². The lowest BCUT2D eigenvalue weighted by Crippen LogP contribution is -2.15. The van der Waals surface area contributed by atoms with Gasteiger partial charge in [0.2, 0.25) is 0 Å². The van der Waals surface area contributed by atoms with E-state index in [1.165, 1.54) is 132 Å². The van der Waals surface area contributed by atoms with Gasteiger partial charge in [-0.1, -0.05) is 214 Å². The Kier molecular flexibility index (Phi) is 8.40. The van der Waals surface area contributed by atoms with Crippen molar-refractivity contribution >= 4 is 64.8 Å². The lowest BCUT2D eigenvalue weighted by Gasteiger charge is -2.23. The van der Waals surface area contributed by atoms with Crippen molar-refractivity contribution in [3.8, 4) is 61.5 Å². The normalized spacial score (nSPS) is 13.0. The number of aromatic nitrogens is 1. The first-order chi connectivity index (χ1) is 33.5. The third-order valence-corrected chi connectivity index (χ3v) is 15.1.